The van der Waals surface area contributed by atoms with Gasteiger partial charge in [0.1, 0.15) is 11.5 Å². The molecular weight excluding hydrogens is 492 g/mol. The van der Waals surface area contributed by atoms with Crippen LogP contribution in [0.1, 0.15) is 57.3 Å². The molecule has 4 rings (SSSR count). The van der Waals surface area contributed by atoms with E-state index in [1.807, 2.05) is 0 Å². The maximum Gasteiger partial charge on any atom is 0.129 e. The minimum absolute atomic E-state index is 0.458. The lowest BCUT2D eigenvalue weighted by Gasteiger charge is -2.20. The van der Waals surface area contributed by atoms with Gasteiger partial charge in [0, 0.05) is 17.5 Å². The summed E-state index contributed by atoms with van der Waals surface area (Å²) in [5, 5.41) is 11.1. The Bertz CT molecular complexity index is 1450. The molecule has 0 aliphatic rings. The van der Waals surface area contributed by atoms with E-state index in [-0.39, 0.29) is 0 Å². The van der Waals surface area contributed by atoms with Gasteiger partial charge in [-0.05, 0) is 105 Å². The quantitative estimate of drug-likeness (QED) is 0.220. The maximum atomic E-state index is 11.1. The molecular formula is C37H44O3. The first-order chi connectivity index (χ1) is 19.1. The molecule has 1 unspecified atom stereocenters. The second kappa shape index (κ2) is 12.7. The summed E-state index contributed by atoms with van der Waals surface area (Å²) in [6.07, 6.45) is 2.51. The number of ether oxygens (including phenoxy) is 2. The van der Waals surface area contributed by atoms with E-state index >= 15 is 0 Å². The summed E-state index contributed by atoms with van der Waals surface area (Å²) < 4.78 is 11.9. The minimum Gasteiger partial charge on any atom is -0.496 e. The molecule has 0 spiro atoms. The van der Waals surface area contributed by atoms with Crippen LogP contribution in [0.3, 0.4) is 0 Å². The van der Waals surface area contributed by atoms with Crippen molar-refractivity contribution >= 4 is 0 Å². The zero-order chi connectivity index (χ0) is 29.0. The molecule has 0 amide bonds. The Hall–Kier alpha value is -3.56. The predicted octanol–water partition coefficient (Wildman–Crippen LogP) is 8.81. The van der Waals surface area contributed by atoms with Crippen molar-refractivity contribution in [3.8, 4) is 33.8 Å². The average molecular weight is 537 g/mol. The van der Waals surface area contributed by atoms with Gasteiger partial charge < -0.3 is 14.6 Å². The van der Waals surface area contributed by atoms with Crippen LogP contribution in [0.2, 0.25) is 0 Å². The zero-order valence-corrected chi connectivity index (χ0v) is 25.4. The van der Waals surface area contributed by atoms with Gasteiger partial charge in [-0.3, -0.25) is 0 Å². The van der Waals surface area contributed by atoms with Crippen LogP contribution in [0.25, 0.3) is 22.3 Å². The van der Waals surface area contributed by atoms with Crippen LogP contribution in [-0.2, 0) is 12.8 Å². The fraction of sp³-hybridized carbons (Fsp3) is 0.351. The number of rotatable bonds is 10. The lowest BCUT2D eigenvalue weighted by molar-refractivity contribution is 0.161. The van der Waals surface area contributed by atoms with Crippen molar-refractivity contribution in [3.05, 3.63) is 105 Å². The summed E-state index contributed by atoms with van der Waals surface area (Å²) in [6.45, 7) is 12.9. The van der Waals surface area contributed by atoms with Gasteiger partial charge in [-0.25, -0.2) is 0 Å². The monoisotopic (exact) mass is 536 g/mol. The molecule has 4 aromatic carbocycles. The highest BCUT2D eigenvalue weighted by molar-refractivity contribution is 5.79. The van der Waals surface area contributed by atoms with Gasteiger partial charge in [-0.15, -0.1) is 0 Å². The summed E-state index contributed by atoms with van der Waals surface area (Å²) in [6, 6.07) is 21.6. The van der Waals surface area contributed by atoms with Gasteiger partial charge in [0.15, 0.2) is 0 Å². The van der Waals surface area contributed by atoms with Crippen molar-refractivity contribution < 1.29 is 14.6 Å². The SMILES string of the molecule is COc1c(CCCC(O)Cc2cccc(-c3c(C)cc(C)cc3C)c2OC)cccc1-c1c(C)cc(C)cc1C. The van der Waals surface area contributed by atoms with Gasteiger partial charge >= 0.3 is 0 Å². The average Bonchev–Trinajstić information content (AvgIpc) is 2.88. The normalized spacial score (nSPS) is 11.9. The predicted molar refractivity (Wildman–Crippen MR) is 168 cm³/mol. The Morgan fingerprint density at radius 2 is 1.05 bits per heavy atom. The van der Waals surface area contributed by atoms with E-state index in [0.717, 1.165) is 41.0 Å². The molecule has 0 aliphatic carbocycles. The van der Waals surface area contributed by atoms with Gasteiger partial charge in [0.25, 0.3) is 0 Å². The molecule has 0 aromatic heterocycles. The first kappa shape index (κ1) is 29.4. The first-order valence-corrected chi connectivity index (χ1v) is 14.3. The maximum absolute atomic E-state index is 11.1. The number of methoxy groups -OCH3 is 2. The topological polar surface area (TPSA) is 38.7 Å². The molecule has 3 heteroatoms. The van der Waals surface area contributed by atoms with Crippen LogP contribution in [-0.4, -0.2) is 25.4 Å². The second-order valence-corrected chi connectivity index (χ2v) is 11.3. The van der Waals surface area contributed by atoms with Crippen LogP contribution in [0, 0.1) is 41.5 Å². The largest absolute Gasteiger partial charge is 0.496 e. The summed E-state index contributed by atoms with van der Waals surface area (Å²) in [4.78, 5) is 0. The van der Waals surface area contributed by atoms with Gasteiger partial charge in [-0.1, -0.05) is 71.8 Å². The van der Waals surface area contributed by atoms with E-state index < -0.39 is 6.10 Å². The van der Waals surface area contributed by atoms with E-state index in [1.165, 1.54) is 50.1 Å². The number of benzene rings is 4. The molecule has 0 heterocycles. The highest BCUT2D eigenvalue weighted by Gasteiger charge is 2.18. The Kier molecular flexibility index (Phi) is 9.37. The smallest absolute Gasteiger partial charge is 0.129 e. The zero-order valence-electron chi connectivity index (χ0n) is 25.4. The Labute approximate surface area is 240 Å². The van der Waals surface area contributed by atoms with Gasteiger partial charge in [0.05, 0.1) is 20.3 Å². The van der Waals surface area contributed by atoms with Gasteiger partial charge in [0.2, 0.25) is 0 Å². The summed E-state index contributed by atoms with van der Waals surface area (Å²) in [7, 11) is 3.48. The number of aliphatic hydroxyl groups excluding tert-OH is 1. The summed E-state index contributed by atoms with van der Waals surface area (Å²) in [5.41, 5.74) is 14.4. The molecule has 4 aromatic rings. The highest BCUT2D eigenvalue weighted by atomic mass is 16.5. The molecule has 3 nitrogen and oxygen atoms in total. The van der Waals surface area contributed by atoms with Crippen LogP contribution < -0.4 is 9.47 Å². The fourth-order valence-electron chi connectivity index (χ4n) is 6.50. The fourth-order valence-corrected chi connectivity index (χ4v) is 6.50. The number of hydrogen-bond acceptors (Lipinski definition) is 3. The third-order valence-corrected chi connectivity index (χ3v) is 7.93. The minimum atomic E-state index is -0.458. The van der Waals surface area contributed by atoms with E-state index in [2.05, 4.69) is 102 Å². The molecule has 0 saturated carbocycles. The van der Waals surface area contributed by atoms with E-state index in [1.54, 1.807) is 14.2 Å². The van der Waals surface area contributed by atoms with E-state index in [0.29, 0.717) is 12.8 Å². The van der Waals surface area contributed by atoms with Crippen LogP contribution in [0.4, 0.5) is 0 Å². The molecule has 0 bridgehead atoms. The van der Waals surface area contributed by atoms with Crippen LogP contribution in [0.5, 0.6) is 11.5 Å². The highest BCUT2D eigenvalue weighted by Crippen LogP contribution is 2.39. The van der Waals surface area contributed by atoms with Crippen molar-refractivity contribution in [2.24, 2.45) is 0 Å². The third kappa shape index (κ3) is 6.26. The third-order valence-electron chi connectivity index (χ3n) is 7.93. The van der Waals surface area contributed by atoms with E-state index in [4.69, 9.17) is 9.47 Å². The number of hydrogen-bond donors (Lipinski definition) is 1. The molecule has 0 aliphatic heterocycles. The molecule has 40 heavy (non-hydrogen) atoms. The second-order valence-electron chi connectivity index (χ2n) is 11.3. The van der Waals surface area contributed by atoms with Crippen molar-refractivity contribution in [1.82, 2.24) is 0 Å². The van der Waals surface area contributed by atoms with Crippen molar-refractivity contribution in [2.75, 3.05) is 14.2 Å². The van der Waals surface area contributed by atoms with Crippen molar-refractivity contribution in [3.63, 3.8) is 0 Å². The molecule has 0 saturated heterocycles. The molecule has 1 N–H and O–H groups in total. The molecule has 1 atom stereocenters. The number of aryl methyl sites for hydroxylation is 7. The van der Waals surface area contributed by atoms with Crippen molar-refractivity contribution in [1.29, 1.82) is 0 Å². The molecule has 0 radical (unpaired) electrons. The van der Waals surface area contributed by atoms with Crippen LogP contribution in [0.15, 0.2) is 60.7 Å². The molecule has 210 valence electrons. The summed E-state index contributed by atoms with van der Waals surface area (Å²) >= 11 is 0. The van der Waals surface area contributed by atoms with E-state index in [9.17, 15) is 5.11 Å². The summed E-state index contributed by atoms with van der Waals surface area (Å²) in [5.74, 6) is 1.79. The Morgan fingerprint density at radius 3 is 1.50 bits per heavy atom. The van der Waals surface area contributed by atoms with Gasteiger partial charge in [-0.2, -0.15) is 0 Å². The standard InChI is InChI=1S/C37H44O3/c1-23-18-25(3)34(26(4)19-23)32-16-10-13-29(36(32)39-7)12-9-15-31(38)22-30-14-11-17-33(37(30)40-8)35-27(5)20-24(2)21-28(35)6/h10-11,13-14,16-21,31,38H,9,12,15,22H2,1-8H3. The van der Waals surface area contributed by atoms with Crippen LogP contribution >= 0.6 is 0 Å². The number of para-hydroxylation sites is 2. The lowest BCUT2D eigenvalue weighted by Crippen LogP contribution is -2.12. The Morgan fingerprint density at radius 1 is 0.625 bits per heavy atom. The number of aliphatic hydroxyl groups is 1. The lowest BCUT2D eigenvalue weighted by atomic mass is 9.90. The van der Waals surface area contributed by atoms with Crippen molar-refractivity contribution in [2.45, 2.75) is 73.3 Å². The Balaban J connectivity index is 1.50. The first-order valence-electron chi connectivity index (χ1n) is 14.3. The molecule has 0 fully saturated rings.